The second kappa shape index (κ2) is 7.78. The molecule has 0 bridgehead atoms. The zero-order chi connectivity index (χ0) is 18.7. The fraction of sp³-hybridized carbons (Fsp3) is 0.389. The van der Waals surface area contributed by atoms with E-state index in [0.717, 1.165) is 18.5 Å². The molecule has 0 aliphatic carbocycles. The van der Waals surface area contributed by atoms with Crippen molar-refractivity contribution >= 4 is 28.5 Å². The Morgan fingerprint density at radius 3 is 2.73 bits per heavy atom. The van der Waals surface area contributed by atoms with Gasteiger partial charge in [-0.2, -0.15) is 0 Å². The first-order valence-corrected chi connectivity index (χ1v) is 9.14. The molecule has 2 N–H and O–H groups in total. The van der Waals surface area contributed by atoms with Crippen molar-refractivity contribution in [3.8, 4) is 0 Å². The van der Waals surface area contributed by atoms with Crippen LogP contribution in [0.4, 0.5) is 5.69 Å². The minimum atomic E-state index is -0.411. The summed E-state index contributed by atoms with van der Waals surface area (Å²) in [7, 11) is 0. The lowest BCUT2D eigenvalue weighted by molar-refractivity contribution is 0.613. The Balaban J connectivity index is 2.04. The van der Waals surface area contributed by atoms with Crippen molar-refractivity contribution in [3.05, 3.63) is 56.0 Å². The molecule has 0 saturated heterocycles. The number of fused-ring (bicyclic) bond motifs is 1. The van der Waals surface area contributed by atoms with Crippen molar-refractivity contribution < 1.29 is 0 Å². The summed E-state index contributed by atoms with van der Waals surface area (Å²) in [6.45, 7) is 5.54. The van der Waals surface area contributed by atoms with Crippen molar-refractivity contribution in [1.82, 2.24) is 19.1 Å². The van der Waals surface area contributed by atoms with E-state index in [4.69, 9.17) is 11.6 Å². The van der Waals surface area contributed by atoms with Gasteiger partial charge in [-0.3, -0.25) is 14.3 Å². The van der Waals surface area contributed by atoms with Crippen LogP contribution in [0.5, 0.6) is 0 Å². The summed E-state index contributed by atoms with van der Waals surface area (Å²) >= 11 is 6.01. The lowest BCUT2D eigenvalue weighted by Gasteiger charge is -2.08. The quantitative estimate of drug-likeness (QED) is 0.664. The molecule has 1 aromatic carbocycles. The highest BCUT2D eigenvalue weighted by Gasteiger charge is 2.17. The summed E-state index contributed by atoms with van der Waals surface area (Å²) in [6.07, 6.45) is 1.79. The maximum atomic E-state index is 12.4. The molecule has 0 amide bonds. The number of hydrogen-bond acceptors (Lipinski definition) is 4. The topological polar surface area (TPSA) is 84.7 Å². The van der Waals surface area contributed by atoms with E-state index in [0.29, 0.717) is 41.6 Å². The number of anilines is 1. The van der Waals surface area contributed by atoms with E-state index in [1.165, 1.54) is 0 Å². The van der Waals surface area contributed by atoms with E-state index in [2.05, 4.69) is 22.2 Å². The predicted molar refractivity (Wildman–Crippen MR) is 104 cm³/mol. The molecule has 0 aliphatic rings. The van der Waals surface area contributed by atoms with E-state index < -0.39 is 11.2 Å². The SMILES string of the molecule is CCCCn1c(=O)[nH]c(=O)c2c1nc(CNc1cccc(Cl)c1)n2CC. The molecule has 0 unspecified atom stereocenters. The first-order valence-electron chi connectivity index (χ1n) is 8.76. The van der Waals surface area contributed by atoms with Gasteiger partial charge in [-0.1, -0.05) is 31.0 Å². The van der Waals surface area contributed by atoms with Gasteiger partial charge < -0.3 is 9.88 Å². The molecule has 0 fully saturated rings. The summed E-state index contributed by atoms with van der Waals surface area (Å²) in [6, 6.07) is 7.40. The molecule has 8 heteroatoms. The fourth-order valence-corrected chi connectivity index (χ4v) is 3.19. The summed E-state index contributed by atoms with van der Waals surface area (Å²) in [5.74, 6) is 0.698. The Labute approximate surface area is 155 Å². The van der Waals surface area contributed by atoms with Gasteiger partial charge in [0.15, 0.2) is 11.2 Å². The van der Waals surface area contributed by atoms with Gasteiger partial charge >= 0.3 is 5.69 Å². The Morgan fingerprint density at radius 2 is 2.04 bits per heavy atom. The largest absolute Gasteiger partial charge is 0.378 e. The molecule has 7 nitrogen and oxygen atoms in total. The van der Waals surface area contributed by atoms with Crippen molar-refractivity contribution in [2.45, 2.75) is 46.3 Å². The molecule has 0 atom stereocenters. The minimum absolute atomic E-state index is 0.402. The number of aromatic nitrogens is 4. The summed E-state index contributed by atoms with van der Waals surface area (Å²) in [4.78, 5) is 31.6. The van der Waals surface area contributed by atoms with Crippen LogP contribution in [0.3, 0.4) is 0 Å². The number of benzene rings is 1. The highest BCUT2D eigenvalue weighted by Crippen LogP contribution is 2.17. The maximum absolute atomic E-state index is 12.4. The van der Waals surface area contributed by atoms with Crippen LogP contribution in [-0.4, -0.2) is 19.1 Å². The fourth-order valence-electron chi connectivity index (χ4n) is 3.00. The van der Waals surface area contributed by atoms with E-state index in [-0.39, 0.29) is 0 Å². The molecule has 3 rings (SSSR count). The van der Waals surface area contributed by atoms with Gasteiger partial charge in [0.05, 0.1) is 6.54 Å². The molecular formula is C18H22ClN5O2. The first kappa shape index (κ1) is 18.3. The van der Waals surface area contributed by atoms with Gasteiger partial charge in [-0.05, 0) is 31.5 Å². The van der Waals surface area contributed by atoms with Crippen molar-refractivity contribution in [3.63, 3.8) is 0 Å². The number of halogens is 1. The molecule has 3 aromatic rings. The average molecular weight is 376 g/mol. The molecule has 0 radical (unpaired) electrons. The van der Waals surface area contributed by atoms with E-state index >= 15 is 0 Å². The van der Waals surface area contributed by atoms with Crippen LogP contribution in [-0.2, 0) is 19.6 Å². The van der Waals surface area contributed by atoms with E-state index in [9.17, 15) is 9.59 Å². The smallest absolute Gasteiger partial charge is 0.330 e. The Hall–Kier alpha value is -2.54. The third-order valence-corrected chi connectivity index (χ3v) is 4.53. The van der Waals surface area contributed by atoms with E-state index in [1.807, 2.05) is 29.7 Å². The number of aryl methyl sites for hydroxylation is 2. The third-order valence-electron chi connectivity index (χ3n) is 4.29. The van der Waals surface area contributed by atoms with Gasteiger partial charge in [-0.15, -0.1) is 0 Å². The Morgan fingerprint density at radius 1 is 1.23 bits per heavy atom. The number of nitrogens with zero attached hydrogens (tertiary/aromatic N) is 3. The number of aromatic amines is 1. The van der Waals surface area contributed by atoms with Gasteiger partial charge in [0.25, 0.3) is 5.56 Å². The van der Waals surface area contributed by atoms with Crippen molar-refractivity contribution in [2.75, 3.05) is 5.32 Å². The van der Waals surface area contributed by atoms with Gasteiger partial charge in [0.1, 0.15) is 5.82 Å². The van der Waals surface area contributed by atoms with Crippen molar-refractivity contribution in [2.24, 2.45) is 0 Å². The van der Waals surface area contributed by atoms with Crippen LogP contribution in [0.2, 0.25) is 5.02 Å². The molecule has 2 aromatic heterocycles. The van der Waals surface area contributed by atoms with Crippen LogP contribution in [0.1, 0.15) is 32.5 Å². The zero-order valence-corrected chi connectivity index (χ0v) is 15.6. The number of rotatable bonds is 7. The number of imidazole rings is 1. The summed E-state index contributed by atoms with van der Waals surface area (Å²) < 4.78 is 3.39. The molecule has 2 heterocycles. The Bertz CT molecular complexity index is 1030. The number of hydrogen-bond donors (Lipinski definition) is 2. The van der Waals surface area contributed by atoms with Crippen molar-refractivity contribution in [1.29, 1.82) is 0 Å². The van der Waals surface area contributed by atoms with Crippen LogP contribution >= 0.6 is 11.6 Å². The second-order valence-electron chi connectivity index (χ2n) is 6.07. The van der Waals surface area contributed by atoms with Crippen LogP contribution in [0, 0.1) is 0 Å². The highest BCUT2D eigenvalue weighted by atomic mass is 35.5. The average Bonchev–Trinajstić information content (AvgIpc) is 2.99. The first-order chi connectivity index (χ1) is 12.5. The molecule has 138 valence electrons. The summed E-state index contributed by atoms with van der Waals surface area (Å²) in [5, 5.41) is 3.91. The number of nitrogens with one attached hydrogen (secondary N) is 2. The van der Waals surface area contributed by atoms with Crippen LogP contribution < -0.4 is 16.6 Å². The predicted octanol–water partition coefficient (Wildman–Crippen LogP) is 2.97. The van der Waals surface area contributed by atoms with Gasteiger partial charge in [0.2, 0.25) is 0 Å². The van der Waals surface area contributed by atoms with Gasteiger partial charge in [0, 0.05) is 23.8 Å². The van der Waals surface area contributed by atoms with Crippen LogP contribution in [0.15, 0.2) is 33.9 Å². The molecule has 0 saturated carbocycles. The van der Waals surface area contributed by atoms with Crippen LogP contribution in [0.25, 0.3) is 11.2 Å². The standard InChI is InChI=1S/C18H22ClN5O2/c1-3-5-9-24-16-15(17(25)22-18(24)26)23(4-2)14(21-16)11-20-13-8-6-7-12(19)10-13/h6-8,10,20H,3-5,9,11H2,1-2H3,(H,22,25,26). The monoisotopic (exact) mass is 375 g/mol. The van der Waals surface area contributed by atoms with Gasteiger partial charge in [-0.25, -0.2) is 9.78 Å². The lowest BCUT2D eigenvalue weighted by atomic mass is 10.3. The Kier molecular flexibility index (Phi) is 5.46. The normalized spacial score (nSPS) is 11.2. The minimum Gasteiger partial charge on any atom is -0.378 e. The molecule has 26 heavy (non-hydrogen) atoms. The number of unbranched alkanes of at least 4 members (excludes halogenated alkanes) is 1. The maximum Gasteiger partial charge on any atom is 0.330 e. The summed E-state index contributed by atoms with van der Waals surface area (Å²) in [5.41, 5.74) is 0.930. The highest BCUT2D eigenvalue weighted by molar-refractivity contribution is 6.30. The molecule has 0 spiro atoms. The lowest BCUT2D eigenvalue weighted by Crippen LogP contribution is -2.31. The molecule has 0 aliphatic heterocycles. The zero-order valence-electron chi connectivity index (χ0n) is 14.9. The third kappa shape index (κ3) is 3.53. The number of H-pyrrole nitrogens is 1. The van der Waals surface area contributed by atoms with E-state index in [1.54, 1.807) is 10.6 Å². The molecular weight excluding hydrogens is 354 g/mol. The second-order valence-corrected chi connectivity index (χ2v) is 6.51.